The van der Waals surface area contributed by atoms with Gasteiger partial charge in [-0.25, -0.2) is 14.6 Å². The second-order valence-corrected chi connectivity index (χ2v) is 3.84. The number of aromatic nitrogens is 1. The highest BCUT2D eigenvalue weighted by molar-refractivity contribution is 5.89. The number of rotatable bonds is 7. The number of carbonyl (C=O) groups excluding carboxylic acids is 1. The van der Waals surface area contributed by atoms with Crippen molar-refractivity contribution in [2.24, 2.45) is 0 Å². The average Bonchev–Trinajstić information content (AvgIpc) is 2.41. The number of carbonyl (C=O) groups is 2. The molecule has 0 bridgehead atoms. The lowest BCUT2D eigenvalue weighted by atomic mass is 10.2. The smallest absolute Gasteiger partial charge is 0.332 e. The summed E-state index contributed by atoms with van der Waals surface area (Å²) in [7, 11) is 0. The first-order valence-corrected chi connectivity index (χ1v) is 6.07. The number of aliphatic carboxylic acids is 1. The van der Waals surface area contributed by atoms with Crippen LogP contribution in [0.2, 0.25) is 0 Å². The predicted molar refractivity (Wildman–Crippen MR) is 70.7 cm³/mol. The van der Waals surface area contributed by atoms with Gasteiger partial charge in [0.1, 0.15) is 0 Å². The molecule has 0 saturated carbocycles. The number of urea groups is 1. The van der Waals surface area contributed by atoms with E-state index < -0.39 is 18.1 Å². The molecular weight excluding hydrogens is 266 g/mol. The van der Waals surface area contributed by atoms with Crippen LogP contribution in [0.3, 0.4) is 0 Å². The fraction of sp³-hybridized carbons (Fsp3) is 0.417. The minimum atomic E-state index is -1.48. The lowest BCUT2D eigenvalue weighted by Crippen LogP contribution is -2.33. The molecule has 8 nitrogen and oxygen atoms in total. The molecule has 0 fully saturated rings. The van der Waals surface area contributed by atoms with Crippen LogP contribution in [0.5, 0.6) is 5.88 Å². The van der Waals surface area contributed by atoms with E-state index in [1.54, 1.807) is 12.1 Å². The summed E-state index contributed by atoms with van der Waals surface area (Å²) in [5.41, 5.74) is 0.477. The lowest BCUT2D eigenvalue weighted by molar-refractivity contribution is -0.146. The second kappa shape index (κ2) is 7.95. The summed E-state index contributed by atoms with van der Waals surface area (Å²) in [4.78, 5) is 25.8. The van der Waals surface area contributed by atoms with E-state index >= 15 is 0 Å². The molecule has 0 aliphatic heterocycles. The number of aliphatic hydroxyl groups is 1. The van der Waals surface area contributed by atoms with Gasteiger partial charge in [0.25, 0.3) is 0 Å². The normalized spacial score (nSPS) is 11.5. The highest BCUT2D eigenvalue weighted by Gasteiger charge is 2.12. The van der Waals surface area contributed by atoms with Gasteiger partial charge in [-0.05, 0) is 13.0 Å². The Morgan fingerprint density at radius 2 is 2.20 bits per heavy atom. The number of aliphatic hydroxyl groups excluding tert-OH is 1. The maximum Gasteiger partial charge on any atom is 0.332 e. The molecule has 0 radical (unpaired) electrons. The largest absolute Gasteiger partial charge is 0.479 e. The van der Waals surface area contributed by atoms with Gasteiger partial charge in [-0.2, -0.15) is 0 Å². The van der Waals surface area contributed by atoms with Crippen molar-refractivity contribution in [1.29, 1.82) is 0 Å². The van der Waals surface area contributed by atoms with Gasteiger partial charge in [-0.3, -0.25) is 0 Å². The van der Waals surface area contributed by atoms with Crippen LogP contribution in [-0.4, -0.2) is 46.5 Å². The molecule has 1 aromatic heterocycles. The van der Waals surface area contributed by atoms with E-state index in [2.05, 4.69) is 15.6 Å². The molecule has 2 amide bonds. The van der Waals surface area contributed by atoms with Crippen LogP contribution in [0.1, 0.15) is 13.3 Å². The molecule has 0 aliphatic rings. The first-order chi connectivity index (χ1) is 9.52. The molecule has 1 atom stereocenters. The summed E-state index contributed by atoms with van der Waals surface area (Å²) >= 11 is 0. The van der Waals surface area contributed by atoms with Crippen molar-refractivity contribution in [3.05, 3.63) is 18.3 Å². The third-order valence-electron chi connectivity index (χ3n) is 2.27. The maximum absolute atomic E-state index is 11.5. The molecule has 1 heterocycles. The number of hydrogen-bond donors (Lipinski definition) is 4. The van der Waals surface area contributed by atoms with E-state index in [0.717, 1.165) is 0 Å². The molecule has 1 aromatic rings. The Bertz CT molecular complexity index is 449. The van der Waals surface area contributed by atoms with Crippen molar-refractivity contribution in [1.82, 2.24) is 10.3 Å². The summed E-state index contributed by atoms with van der Waals surface area (Å²) in [6.07, 6.45) is -0.108. The van der Waals surface area contributed by atoms with Crippen molar-refractivity contribution in [3.8, 4) is 5.88 Å². The quantitative estimate of drug-likeness (QED) is 0.576. The van der Waals surface area contributed by atoms with Gasteiger partial charge in [0.2, 0.25) is 5.88 Å². The predicted octanol–water partition coefficient (Wildman–Crippen LogP) is 0.437. The molecular formula is C12H17N3O5. The van der Waals surface area contributed by atoms with Gasteiger partial charge in [0.15, 0.2) is 6.10 Å². The molecule has 0 unspecified atom stereocenters. The lowest BCUT2D eigenvalue weighted by Gasteiger charge is -2.09. The van der Waals surface area contributed by atoms with Crippen LogP contribution in [0.4, 0.5) is 10.5 Å². The Balaban J connectivity index is 2.33. The molecule has 0 spiro atoms. The Hall–Kier alpha value is -2.35. The fourth-order valence-electron chi connectivity index (χ4n) is 1.31. The first kappa shape index (κ1) is 15.7. The van der Waals surface area contributed by atoms with Crippen LogP contribution in [0.15, 0.2) is 18.3 Å². The third-order valence-corrected chi connectivity index (χ3v) is 2.27. The van der Waals surface area contributed by atoms with Crippen LogP contribution < -0.4 is 15.4 Å². The van der Waals surface area contributed by atoms with Gasteiger partial charge in [-0.15, -0.1) is 0 Å². The average molecular weight is 283 g/mol. The Kier molecular flexibility index (Phi) is 6.24. The van der Waals surface area contributed by atoms with E-state index in [4.69, 9.17) is 14.9 Å². The van der Waals surface area contributed by atoms with Gasteiger partial charge in [0.05, 0.1) is 18.5 Å². The summed E-state index contributed by atoms with van der Waals surface area (Å²) in [5.74, 6) is -0.856. The number of amides is 2. The van der Waals surface area contributed by atoms with Crippen molar-refractivity contribution >= 4 is 17.7 Å². The van der Waals surface area contributed by atoms with E-state index in [1.165, 1.54) is 6.20 Å². The van der Waals surface area contributed by atoms with Gasteiger partial charge >= 0.3 is 12.0 Å². The molecule has 110 valence electrons. The standard InChI is InChI=1S/C12H17N3O5/c1-2-20-10-4-3-8(7-14-10)15-12(19)13-6-5-9(16)11(17)18/h3-4,7,9,16H,2,5-6H2,1H3,(H,17,18)(H2,13,15,19)/t9-/m0/s1. The molecule has 0 saturated heterocycles. The minimum absolute atomic E-state index is 0.0454. The molecule has 20 heavy (non-hydrogen) atoms. The van der Waals surface area contributed by atoms with Crippen molar-refractivity contribution in [2.45, 2.75) is 19.4 Å². The SMILES string of the molecule is CCOc1ccc(NC(=O)NCC[C@H](O)C(=O)O)cn1. The zero-order chi connectivity index (χ0) is 15.0. The van der Waals surface area contributed by atoms with Crippen LogP contribution in [0.25, 0.3) is 0 Å². The van der Waals surface area contributed by atoms with E-state index in [-0.39, 0.29) is 13.0 Å². The Morgan fingerprint density at radius 1 is 1.45 bits per heavy atom. The number of carboxylic acids is 1. The minimum Gasteiger partial charge on any atom is -0.479 e. The van der Waals surface area contributed by atoms with Crippen molar-refractivity contribution < 1.29 is 24.5 Å². The second-order valence-electron chi connectivity index (χ2n) is 3.84. The molecule has 4 N–H and O–H groups in total. The number of carboxylic acid groups (broad SMARTS) is 1. The van der Waals surface area contributed by atoms with E-state index in [9.17, 15) is 9.59 Å². The fourth-order valence-corrected chi connectivity index (χ4v) is 1.31. The van der Waals surface area contributed by atoms with Crippen LogP contribution >= 0.6 is 0 Å². The first-order valence-electron chi connectivity index (χ1n) is 6.07. The number of ether oxygens (including phenoxy) is 1. The molecule has 8 heteroatoms. The number of nitrogens with one attached hydrogen (secondary N) is 2. The summed E-state index contributed by atoms with van der Waals surface area (Å²) in [6.45, 7) is 2.39. The highest BCUT2D eigenvalue weighted by Crippen LogP contribution is 2.11. The summed E-state index contributed by atoms with van der Waals surface area (Å²) < 4.78 is 5.16. The highest BCUT2D eigenvalue weighted by atomic mass is 16.5. The molecule has 1 rings (SSSR count). The molecule has 0 aromatic carbocycles. The number of anilines is 1. The van der Waals surface area contributed by atoms with Gasteiger partial charge in [0, 0.05) is 19.0 Å². The van der Waals surface area contributed by atoms with E-state index in [0.29, 0.717) is 18.2 Å². The summed E-state index contributed by atoms with van der Waals surface area (Å²) in [5, 5.41) is 22.4. The van der Waals surface area contributed by atoms with Crippen LogP contribution in [0, 0.1) is 0 Å². The number of hydrogen-bond acceptors (Lipinski definition) is 5. The van der Waals surface area contributed by atoms with Crippen molar-refractivity contribution in [2.75, 3.05) is 18.5 Å². The Labute approximate surface area is 115 Å². The zero-order valence-electron chi connectivity index (χ0n) is 11.0. The number of pyridine rings is 1. The van der Waals surface area contributed by atoms with Gasteiger partial charge < -0.3 is 25.6 Å². The molecule has 0 aliphatic carbocycles. The van der Waals surface area contributed by atoms with Crippen LogP contribution in [-0.2, 0) is 4.79 Å². The third kappa shape index (κ3) is 5.53. The number of nitrogens with zero attached hydrogens (tertiary/aromatic N) is 1. The van der Waals surface area contributed by atoms with Gasteiger partial charge in [-0.1, -0.05) is 0 Å². The monoisotopic (exact) mass is 283 g/mol. The van der Waals surface area contributed by atoms with E-state index in [1.807, 2.05) is 6.92 Å². The maximum atomic E-state index is 11.5. The summed E-state index contributed by atoms with van der Waals surface area (Å²) in [6, 6.07) is 2.74. The zero-order valence-corrected chi connectivity index (χ0v) is 11.0. The Morgan fingerprint density at radius 3 is 2.75 bits per heavy atom. The topological polar surface area (TPSA) is 121 Å². The van der Waals surface area contributed by atoms with Crippen molar-refractivity contribution in [3.63, 3.8) is 0 Å².